The highest BCUT2D eigenvalue weighted by atomic mass is 32.2. The van der Waals surface area contributed by atoms with Crippen molar-refractivity contribution in [1.82, 2.24) is 10.2 Å². The molecule has 1 heterocycles. The lowest BCUT2D eigenvalue weighted by molar-refractivity contribution is -0.115. The molecule has 0 aliphatic carbocycles. The van der Waals surface area contributed by atoms with Gasteiger partial charge >= 0.3 is 0 Å². The molecule has 9 heteroatoms. The number of hydrogen-bond acceptors (Lipinski definition) is 6. The van der Waals surface area contributed by atoms with Crippen molar-refractivity contribution in [3.05, 3.63) is 54.1 Å². The molecule has 27 heavy (non-hydrogen) atoms. The maximum atomic E-state index is 13.6. The molecule has 1 aromatic heterocycles. The van der Waals surface area contributed by atoms with E-state index in [1.165, 1.54) is 6.07 Å². The molecule has 1 unspecified atom stereocenters. The second kappa shape index (κ2) is 8.17. The second-order valence-corrected chi connectivity index (χ2v) is 6.74. The molecule has 140 valence electrons. The topological polar surface area (TPSA) is 77.2 Å². The number of hydrogen-bond donors (Lipinski definition) is 1. The number of anilines is 1. The molecule has 6 nitrogen and oxygen atoms in total. The Labute approximate surface area is 157 Å². The molecule has 2 aromatic carbocycles. The zero-order valence-electron chi connectivity index (χ0n) is 14.4. The Balaban J connectivity index is 1.66. The van der Waals surface area contributed by atoms with E-state index in [-0.39, 0.29) is 11.1 Å². The fraction of sp³-hybridized carbons (Fsp3) is 0.167. The van der Waals surface area contributed by atoms with Crippen LogP contribution in [0.2, 0.25) is 0 Å². The summed E-state index contributed by atoms with van der Waals surface area (Å²) in [5.74, 6) is -1.31. The Morgan fingerprint density at radius 3 is 2.44 bits per heavy atom. The van der Waals surface area contributed by atoms with Gasteiger partial charge in [0.05, 0.1) is 12.4 Å². The van der Waals surface area contributed by atoms with Crippen molar-refractivity contribution in [1.29, 1.82) is 0 Å². The summed E-state index contributed by atoms with van der Waals surface area (Å²) in [5, 5.41) is 9.51. The number of aromatic nitrogens is 2. The number of ether oxygens (including phenoxy) is 1. The molecule has 0 saturated carbocycles. The van der Waals surface area contributed by atoms with E-state index in [0.29, 0.717) is 11.3 Å². The first-order valence-corrected chi connectivity index (χ1v) is 8.75. The smallest absolute Gasteiger partial charge is 0.277 e. The van der Waals surface area contributed by atoms with E-state index in [4.69, 9.17) is 9.15 Å². The van der Waals surface area contributed by atoms with E-state index in [2.05, 4.69) is 15.5 Å². The number of carbonyl (C=O) groups excluding carboxylic acids is 1. The molecule has 0 aliphatic rings. The SMILES string of the molecule is COc1ccc(-c2nnc(SC(C)C(=O)Nc3c(F)cccc3F)o2)cc1. The van der Waals surface area contributed by atoms with Crippen LogP contribution in [-0.2, 0) is 4.79 Å². The van der Waals surface area contributed by atoms with Crippen LogP contribution in [0.4, 0.5) is 14.5 Å². The van der Waals surface area contributed by atoms with Gasteiger partial charge in [0, 0.05) is 5.56 Å². The summed E-state index contributed by atoms with van der Waals surface area (Å²) in [6.45, 7) is 1.57. The molecular formula is C18H15F2N3O3S. The number of para-hydroxylation sites is 1. The van der Waals surface area contributed by atoms with E-state index in [1.54, 1.807) is 38.3 Å². The maximum Gasteiger partial charge on any atom is 0.277 e. The lowest BCUT2D eigenvalue weighted by Crippen LogP contribution is -2.23. The second-order valence-electron chi connectivity index (χ2n) is 5.45. The van der Waals surface area contributed by atoms with Crippen LogP contribution < -0.4 is 10.1 Å². The van der Waals surface area contributed by atoms with Gasteiger partial charge in [-0.05, 0) is 43.3 Å². The van der Waals surface area contributed by atoms with Crippen LogP contribution in [0.3, 0.4) is 0 Å². The zero-order valence-corrected chi connectivity index (χ0v) is 15.2. The number of halogens is 2. The quantitative estimate of drug-likeness (QED) is 0.637. The molecule has 1 atom stereocenters. The largest absolute Gasteiger partial charge is 0.497 e. The van der Waals surface area contributed by atoms with Gasteiger partial charge in [-0.1, -0.05) is 17.8 Å². The first-order chi connectivity index (χ1) is 13.0. The Hall–Kier alpha value is -2.94. The van der Waals surface area contributed by atoms with Gasteiger partial charge in [0.2, 0.25) is 11.8 Å². The molecule has 0 bridgehead atoms. The zero-order chi connectivity index (χ0) is 19.4. The number of methoxy groups -OCH3 is 1. The molecule has 1 N–H and O–H groups in total. The number of nitrogens with one attached hydrogen (secondary N) is 1. The van der Waals surface area contributed by atoms with Gasteiger partial charge in [-0.2, -0.15) is 0 Å². The summed E-state index contributed by atoms with van der Waals surface area (Å²) in [7, 11) is 1.57. The fourth-order valence-electron chi connectivity index (χ4n) is 2.15. The van der Waals surface area contributed by atoms with Gasteiger partial charge < -0.3 is 14.5 Å². The van der Waals surface area contributed by atoms with Crippen molar-refractivity contribution in [3.8, 4) is 17.2 Å². The number of benzene rings is 2. The van der Waals surface area contributed by atoms with E-state index >= 15 is 0 Å². The first-order valence-electron chi connectivity index (χ1n) is 7.87. The summed E-state index contributed by atoms with van der Waals surface area (Å²) < 4.78 is 37.9. The van der Waals surface area contributed by atoms with Crippen LogP contribution in [0.15, 0.2) is 52.1 Å². The number of thioether (sulfide) groups is 1. The van der Waals surface area contributed by atoms with Gasteiger partial charge in [0.1, 0.15) is 23.1 Å². The third-order valence-corrected chi connectivity index (χ3v) is 4.54. The van der Waals surface area contributed by atoms with E-state index in [0.717, 1.165) is 23.9 Å². The minimum absolute atomic E-state index is 0.164. The molecule has 0 spiro atoms. The van der Waals surface area contributed by atoms with Gasteiger partial charge in [-0.15, -0.1) is 10.2 Å². The van der Waals surface area contributed by atoms with E-state index < -0.39 is 28.5 Å². The highest BCUT2D eigenvalue weighted by molar-refractivity contribution is 8.00. The predicted octanol–water partition coefficient (Wildman–Crippen LogP) is 4.14. The van der Waals surface area contributed by atoms with Crippen LogP contribution in [0.5, 0.6) is 5.75 Å². The minimum atomic E-state index is -0.847. The monoisotopic (exact) mass is 391 g/mol. The maximum absolute atomic E-state index is 13.6. The predicted molar refractivity (Wildman–Crippen MR) is 96.6 cm³/mol. The fourth-order valence-corrected chi connectivity index (χ4v) is 2.84. The van der Waals surface area contributed by atoms with Crippen molar-refractivity contribution >= 4 is 23.4 Å². The van der Waals surface area contributed by atoms with E-state index in [1.807, 2.05) is 0 Å². The number of amides is 1. The van der Waals surface area contributed by atoms with Crippen LogP contribution in [0.25, 0.3) is 11.5 Å². The van der Waals surface area contributed by atoms with Crippen molar-refractivity contribution < 1.29 is 22.7 Å². The minimum Gasteiger partial charge on any atom is -0.497 e. The van der Waals surface area contributed by atoms with Crippen LogP contribution in [0, 0.1) is 11.6 Å². The van der Waals surface area contributed by atoms with Crippen LogP contribution >= 0.6 is 11.8 Å². The normalized spacial score (nSPS) is 11.9. The first kappa shape index (κ1) is 18.8. The molecule has 3 rings (SSSR count). The molecule has 0 fully saturated rings. The number of rotatable bonds is 6. The number of carbonyl (C=O) groups is 1. The summed E-state index contributed by atoms with van der Waals surface area (Å²) in [6, 6.07) is 10.4. The van der Waals surface area contributed by atoms with Crippen LogP contribution in [-0.4, -0.2) is 28.5 Å². The highest BCUT2D eigenvalue weighted by Crippen LogP contribution is 2.28. The third kappa shape index (κ3) is 4.43. The van der Waals surface area contributed by atoms with Crippen molar-refractivity contribution in [2.24, 2.45) is 0 Å². The van der Waals surface area contributed by atoms with Crippen molar-refractivity contribution in [2.45, 2.75) is 17.4 Å². The summed E-state index contributed by atoms with van der Waals surface area (Å²) in [5.41, 5.74) is 0.208. The molecule has 3 aromatic rings. The molecule has 0 saturated heterocycles. The Kier molecular flexibility index (Phi) is 5.70. The van der Waals surface area contributed by atoms with Gasteiger partial charge in [0.25, 0.3) is 5.22 Å². The molecule has 0 radical (unpaired) electrons. The summed E-state index contributed by atoms with van der Waals surface area (Å²) in [4.78, 5) is 12.2. The standard InChI is InChI=1S/C18H15F2N3O3S/c1-10(16(24)21-15-13(19)4-3-5-14(15)20)27-18-23-22-17(26-18)11-6-8-12(25-2)9-7-11/h3-10H,1-2H3,(H,21,24). The summed E-state index contributed by atoms with van der Waals surface area (Å²) >= 11 is 0.984. The third-order valence-electron chi connectivity index (χ3n) is 3.60. The lowest BCUT2D eigenvalue weighted by atomic mass is 10.2. The lowest BCUT2D eigenvalue weighted by Gasteiger charge is -2.11. The van der Waals surface area contributed by atoms with Gasteiger partial charge in [-0.3, -0.25) is 4.79 Å². The molecular weight excluding hydrogens is 376 g/mol. The molecule has 0 aliphatic heterocycles. The Bertz CT molecular complexity index is 927. The Morgan fingerprint density at radius 1 is 1.15 bits per heavy atom. The van der Waals surface area contributed by atoms with E-state index in [9.17, 15) is 13.6 Å². The summed E-state index contributed by atoms with van der Waals surface area (Å²) in [6.07, 6.45) is 0. The average Bonchev–Trinajstić information content (AvgIpc) is 3.13. The van der Waals surface area contributed by atoms with Gasteiger partial charge in [-0.25, -0.2) is 8.78 Å². The average molecular weight is 391 g/mol. The molecule has 1 amide bonds. The number of nitrogens with zero attached hydrogens (tertiary/aromatic N) is 2. The van der Waals surface area contributed by atoms with Crippen molar-refractivity contribution in [2.75, 3.05) is 12.4 Å². The van der Waals surface area contributed by atoms with Crippen LogP contribution in [0.1, 0.15) is 6.92 Å². The highest BCUT2D eigenvalue weighted by Gasteiger charge is 2.21. The Morgan fingerprint density at radius 2 is 1.81 bits per heavy atom. The van der Waals surface area contributed by atoms with Gasteiger partial charge in [0.15, 0.2) is 0 Å². The van der Waals surface area contributed by atoms with Crippen molar-refractivity contribution in [3.63, 3.8) is 0 Å².